The van der Waals surface area contributed by atoms with Gasteiger partial charge in [-0.2, -0.15) is 0 Å². The van der Waals surface area contributed by atoms with Gasteiger partial charge in [0.15, 0.2) is 12.1 Å². The third kappa shape index (κ3) is 3.39. The highest BCUT2D eigenvalue weighted by Gasteiger charge is 2.55. The average Bonchev–Trinajstić information content (AvgIpc) is 3.07. The van der Waals surface area contributed by atoms with Crippen molar-refractivity contribution in [2.45, 2.75) is 84.0 Å². The van der Waals surface area contributed by atoms with E-state index in [-0.39, 0.29) is 24.6 Å². The maximum Gasteiger partial charge on any atom is 0.190 e. The van der Waals surface area contributed by atoms with Crippen molar-refractivity contribution in [3.63, 3.8) is 0 Å². The zero-order chi connectivity index (χ0) is 15.7. The van der Waals surface area contributed by atoms with Crippen LogP contribution in [0, 0.1) is 6.92 Å². The van der Waals surface area contributed by atoms with Gasteiger partial charge in [0.2, 0.25) is 0 Å². The van der Waals surface area contributed by atoms with Crippen molar-refractivity contribution in [2.24, 2.45) is 0 Å². The summed E-state index contributed by atoms with van der Waals surface area (Å²) in [5, 5.41) is 2.11. The van der Waals surface area contributed by atoms with E-state index in [1.165, 1.54) is 10.4 Å². The molecule has 124 valence electrons. The Morgan fingerprint density at radius 2 is 2.14 bits per heavy atom. The lowest BCUT2D eigenvalue weighted by molar-refractivity contribution is -0.219. The molecule has 0 saturated carbocycles. The van der Waals surface area contributed by atoms with Gasteiger partial charge in [-0.05, 0) is 44.2 Å². The molecule has 3 heterocycles. The van der Waals surface area contributed by atoms with E-state index >= 15 is 0 Å². The molecule has 4 nitrogen and oxygen atoms in total. The van der Waals surface area contributed by atoms with Crippen LogP contribution in [0.4, 0.5) is 0 Å². The largest absolute Gasteiger partial charge is 0.368 e. The highest BCUT2D eigenvalue weighted by molar-refractivity contribution is 7.10. The number of thiophene rings is 1. The van der Waals surface area contributed by atoms with Crippen molar-refractivity contribution in [1.29, 1.82) is 0 Å². The lowest BCUT2D eigenvalue weighted by Gasteiger charge is -2.26. The summed E-state index contributed by atoms with van der Waals surface area (Å²) in [6.45, 7) is 8.78. The fraction of sp³-hybridized carbons (Fsp3) is 0.765. The molecule has 2 saturated heterocycles. The van der Waals surface area contributed by atoms with Crippen LogP contribution in [-0.2, 0) is 25.6 Å². The van der Waals surface area contributed by atoms with E-state index < -0.39 is 5.79 Å². The molecule has 0 N–H and O–H groups in total. The van der Waals surface area contributed by atoms with Gasteiger partial charge < -0.3 is 18.9 Å². The van der Waals surface area contributed by atoms with Crippen LogP contribution in [0.5, 0.6) is 0 Å². The van der Waals surface area contributed by atoms with E-state index in [9.17, 15) is 0 Å². The minimum atomic E-state index is -0.592. The molecule has 22 heavy (non-hydrogen) atoms. The molecule has 0 amide bonds. The summed E-state index contributed by atoms with van der Waals surface area (Å²) in [6, 6.07) is 2.13. The molecule has 0 spiro atoms. The van der Waals surface area contributed by atoms with Crippen LogP contribution in [0.3, 0.4) is 0 Å². The van der Waals surface area contributed by atoms with Gasteiger partial charge >= 0.3 is 0 Å². The molecule has 1 aromatic heterocycles. The van der Waals surface area contributed by atoms with Crippen molar-refractivity contribution in [1.82, 2.24) is 0 Å². The predicted molar refractivity (Wildman–Crippen MR) is 85.9 cm³/mol. The standard InChI is InChI=1S/C17H26O4S/c1-5-6-7-13-14(18-10-12-8-9-22-11(12)2)15-16(19-13)21-17(3,4)20-15/h8-9,13-16H,5-7,10H2,1-4H3/t13-,14+,15-,16-/m1/s1. The molecule has 4 atom stereocenters. The van der Waals surface area contributed by atoms with Gasteiger partial charge in [-0.1, -0.05) is 19.8 Å². The van der Waals surface area contributed by atoms with E-state index in [1.807, 2.05) is 13.8 Å². The first kappa shape index (κ1) is 16.4. The monoisotopic (exact) mass is 326 g/mol. The first-order valence-electron chi connectivity index (χ1n) is 8.16. The molecule has 2 aliphatic heterocycles. The Balaban J connectivity index is 1.67. The number of hydrogen-bond acceptors (Lipinski definition) is 5. The Hall–Kier alpha value is -0.460. The van der Waals surface area contributed by atoms with Gasteiger partial charge in [-0.3, -0.25) is 0 Å². The summed E-state index contributed by atoms with van der Waals surface area (Å²) in [5.74, 6) is -0.592. The first-order valence-corrected chi connectivity index (χ1v) is 9.04. The van der Waals surface area contributed by atoms with E-state index in [0.29, 0.717) is 6.61 Å². The quantitative estimate of drug-likeness (QED) is 0.791. The topological polar surface area (TPSA) is 36.9 Å². The molecule has 0 bridgehead atoms. The van der Waals surface area contributed by atoms with Gasteiger partial charge in [0.05, 0.1) is 12.7 Å². The average molecular weight is 326 g/mol. The molecule has 0 aromatic carbocycles. The SMILES string of the molecule is CCCC[C@H]1O[C@@H]2OC(C)(C)O[C@@H]2[C@H]1OCc1ccsc1C. The molecule has 1 aromatic rings. The maximum absolute atomic E-state index is 6.22. The minimum Gasteiger partial charge on any atom is -0.368 e. The number of ether oxygens (including phenoxy) is 4. The second-order valence-corrected chi connectivity index (χ2v) is 7.68. The number of unbranched alkanes of at least 4 members (excludes halogenated alkanes) is 1. The maximum atomic E-state index is 6.22. The molecule has 0 unspecified atom stereocenters. The Morgan fingerprint density at radius 1 is 1.32 bits per heavy atom. The molecule has 2 fully saturated rings. The lowest BCUT2D eigenvalue weighted by Crippen LogP contribution is -2.36. The van der Waals surface area contributed by atoms with Crippen molar-refractivity contribution in [3.8, 4) is 0 Å². The van der Waals surface area contributed by atoms with Crippen LogP contribution in [-0.4, -0.2) is 30.4 Å². The fourth-order valence-corrected chi connectivity index (χ4v) is 3.85. The Labute approximate surface area is 136 Å². The Bertz CT molecular complexity index is 499. The smallest absolute Gasteiger partial charge is 0.190 e. The second kappa shape index (κ2) is 6.57. The molecular formula is C17H26O4S. The van der Waals surface area contributed by atoms with E-state index in [0.717, 1.165) is 19.3 Å². The van der Waals surface area contributed by atoms with Gasteiger partial charge in [-0.25, -0.2) is 0 Å². The van der Waals surface area contributed by atoms with E-state index in [4.69, 9.17) is 18.9 Å². The lowest BCUT2D eigenvalue weighted by atomic mass is 10.0. The molecule has 0 radical (unpaired) electrons. The van der Waals surface area contributed by atoms with Crippen molar-refractivity contribution >= 4 is 11.3 Å². The molecule has 0 aliphatic carbocycles. The van der Waals surface area contributed by atoms with Crippen LogP contribution in [0.1, 0.15) is 50.5 Å². The minimum absolute atomic E-state index is 0.0578. The molecular weight excluding hydrogens is 300 g/mol. The van der Waals surface area contributed by atoms with Crippen LogP contribution in [0.2, 0.25) is 0 Å². The first-order chi connectivity index (χ1) is 10.5. The third-order valence-corrected chi connectivity index (χ3v) is 5.21. The van der Waals surface area contributed by atoms with Crippen molar-refractivity contribution in [2.75, 3.05) is 0 Å². The normalized spacial score (nSPS) is 33.3. The summed E-state index contributed by atoms with van der Waals surface area (Å²) < 4.78 is 24.2. The summed E-state index contributed by atoms with van der Waals surface area (Å²) in [5.41, 5.74) is 1.25. The zero-order valence-electron chi connectivity index (χ0n) is 13.8. The summed E-state index contributed by atoms with van der Waals surface area (Å²) in [4.78, 5) is 1.31. The third-order valence-electron chi connectivity index (χ3n) is 4.33. The van der Waals surface area contributed by atoms with Gasteiger partial charge in [-0.15, -0.1) is 11.3 Å². The summed E-state index contributed by atoms with van der Waals surface area (Å²) in [7, 11) is 0. The van der Waals surface area contributed by atoms with Gasteiger partial charge in [0, 0.05) is 4.88 Å². The zero-order valence-corrected chi connectivity index (χ0v) is 14.7. The fourth-order valence-electron chi connectivity index (χ4n) is 3.13. The number of fused-ring (bicyclic) bond motifs is 1. The van der Waals surface area contributed by atoms with Gasteiger partial charge in [0.25, 0.3) is 0 Å². The highest BCUT2D eigenvalue weighted by atomic mass is 32.1. The Kier molecular flexibility index (Phi) is 4.90. The highest BCUT2D eigenvalue weighted by Crippen LogP contribution is 2.40. The second-order valence-electron chi connectivity index (χ2n) is 6.56. The number of aryl methyl sites for hydroxylation is 1. The molecule has 5 heteroatoms. The van der Waals surface area contributed by atoms with E-state index in [2.05, 4.69) is 25.3 Å². The van der Waals surface area contributed by atoms with Crippen LogP contribution < -0.4 is 0 Å². The van der Waals surface area contributed by atoms with Gasteiger partial charge in [0.1, 0.15) is 12.2 Å². The van der Waals surface area contributed by atoms with Crippen molar-refractivity contribution < 1.29 is 18.9 Å². The Morgan fingerprint density at radius 3 is 2.82 bits per heavy atom. The van der Waals surface area contributed by atoms with Crippen LogP contribution in [0.25, 0.3) is 0 Å². The number of hydrogen-bond donors (Lipinski definition) is 0. The van der Waals surface area contributed by atoms with Crippen molar-refractivity contribution in [3.05, 3.63) is 21.9 Å². The van der Waals surface area contributed by atoms with Crippen LogP contribution in [0.15, 0.2) is 11.4 Å². The summed E-state index contributed by atoms with van der Waals surface area (Å²) in [6.07, 6.45) is 2.84. The predicted octanol–water partition coefficient (Wildman–Crippen LogP) is 4.01. The number of rotatable bonds is 6. The summed E-state index contributed by atoms with van der Waals surface area (Å²) >= 11 is 1.75. The molecule has 3 rings (SSSR count). The van der Waals surface area contributed by atoms with Crippen LogP contribution >= 0.6 is 11.3 Å². The van der Waals surface area contributed by atoms with E-state index in [1.54, 1.807) is 11.3 Å². The molecule has 2 aliphatic rings.